The zero-order valence-electron chi connectivity index (χ0n) is 34.6. The van der Waals surface area contributed by atoms with E-state index < -0.39 is 23.6 Å². The van der Waals surface area contributed by atoms with Crippen LogP contribution in [0.15, 0.2) is 125 Å². The highest BCUT2D eigenvalue weighted by molar-refractivity contribution is 5.96. The first-order valence-electron chi connectivity index (χ1n) is 20.8. The predicted molar refractivity (Wildman–Crippen MR) is 236 cm³/mol. The number of amides is 3. The molecule has 16 heteroatoms. The van der Waals surface area contributed by atoms with Crippen molar-refractivity contribution in [3.63, 3.8) is 0 Å². The molecule has 5 N–H and O–H groups in total. The summed E-state index contributed by atoms with van der Waals surface area (Å²) < 4.78 is 34.2. The van der Waals surface area contributed by atoms with Crippen LogP contribution in [0.4, 0.5) is 13.6 Å². The number of halogens is 2. The molecule has 14 nitrogen and oxygen atoms in total. The highest BCUT2D eigenvalue weighted by Gasteiger charge is 2.30. The molecule has 2 aliphatic rings. The molecule has 0 bridgehead atoms. The predicted octanol–water partition coefficient (Wildman–Crippen LogP) is 5.62. The highest BCUT2D eigenvalue weighted by Crippen LogP contribution is 2.23. The Morgan fingerprint density at radius 3 is 1.64 bits per heavy atom. The van der Waals surface area contributed by atoms with Crippen molar-refractivity contribution in [1.82, 2.24) is 35.5 Å². The number of aromatic nitrogens is 4. The van der Waals surface area contributed by atoms with Crippen LogP contribution in [0.2, 0.25) is 0 Å². The van der Waals surface area contributed by atoms with E-state index in [0.717, 1.165) is 22.9 Å². The Bertz CT molecular complexity index is 2980. The minimum Gasteiger partial charge on any atom is -0.445 e. The lowest BCUT2D eigenvalue weighted by molar-refractivity contribution is 0.0776. The average Bonchev–Trinajstić information content (AvgIpc) is 3.98. The van der Waals surface area contributed by atoms with Crippen molar-refractivity contribution < 1.29 is 27.9 Å². The Labute approximate surface area is 365 Å². The van der Waals surface area contributed by atoms with Crippen molar-refractivity contribution in [2.45, 2.75) is 44.4 Å². The van der Waals surface area contributed by atoms with E-state index in [9.17, 15) is 32.8 Å². The summed E-state index contributed by atoms with van der Waals surface area (Å²) in [6, 6.07) is 32.2. The fourth-order valence-electron chi connectivity index (χ4n) is 8.00. The third-order valence-corrected chi connectivity index (χ3v) is 11.3. The molecule has 3 amide bonds. The smallest absolute Gasteiger partial charge is 0.407 e. The number of benzene rings is 5. The minimum atomic E-state index is -0.619. The maximum absolute atomic E-state index is 14.7. The Balaban J connectivity index is 0.000000184. The molecule has 4 heterocycles. The number of carbonyl (C=O) groups excluding carboxylic acids is 3. The SMILES string of the molecule is N[C@@H]1CCN(C(=O)c2cc(Cc3n[nH]c(=O)c4ccccc34)ccc2F)C1.O=C(N[C@@H]1CCN(C(=O)c2cc(Cc3n[nH]c(=O)c4ccccc34)ccc2F)C1)OCc1ccccc1. The van der Waals surface area contributed by atoms with Crippen LogP contribution in [0.5, 0.6) is 0 Å². The van der Waals surface area contributed by atoms with Gasteiger partial charge in [0.2, 0.25) is 0 Å². The first-order chi connectivity index (χ1) is 31.0. The molecule has 2 fully saturated rings. The maximum Gasteiger partial charge on any atom is 0.407 e. The van der Waals surface area contributed by atoms with Gasteiger partial charge in [-0.25, -0.2) is 23.8 Å². The second-order valence-corrected chi connectivity index (χ2v) is 15.8. The van der Waals surface area contributed by atoms with Gasteiger partial charge in [0.05, 0.1) is 39.3 Å². The summed E-state index contributed by atoms with van der Waals surface area (Å²) in [6.07, 6.45) is 1.39. The summed E-state index contributed by atoms with van der Waals surface area (Å²) in [5.74, 6) is -1.96. The largest absolute Gasteiger partial charge is 0.445 e. The van der Waals surface area contributed by atoms with Crippen LogP contribution in [-0.4, -0.2) is 86.4 Å². The van der Waals surface area contributed by atoms with Gasteiger partial charge in [-0.3, -0.25) is 19.2 Å². The van der Waals surface area contributed by atoms with Crippen LogP contribution in [0.3, 0.4) is 0 Å². The molecule has 0 unspecified atom stereocenters. The van der Waals surface area contributed by atoms with Crippen molar-refractivity contribution in [1.29, 1.82) is 0 Å². The number of fused-ring (bicyclic) bond motifs is 2. The molecule has 2 saturated heterocycles. The van der Waals surface area contributed by atoms with E-state index in [4.69, 9.17) is 10.5 Å². The standard InChI is InChI=1S/C28H25FN4O4.C20H19FN4O2/c29-24-11-10-19(15-25-21-8-4-5-9-22(21)26(34)32-31-25)14-23(24)27(35)33-13-12-20(16-33)30-28(36)37-17-18-6-2-1-3-7-18;21-17-6-5-12(9-16(17)20(27)25-8-7-13(22)11-25)10-18-14-3-1-2-4-15(14)19(26)24-23-18/h1-11,14,20H,12-13,15-17H2,(H,30,36)(H,32,34);1-6,9,13H,7-8,10-11,22H2,(H,24,26)/t20-;13-/m11/s1. The molecule has 0 saturated carbocycles. The van der Waals surface area contributed by atoms with E-state index in [1.54, 1.807) is 47.4 Å². The first kappa shape index (κ1) is 43.1. The maximum atomic E-state index is 14.7. The molecule has 0 radical (unpaired) electrons. The molecule has 2 aliphatic heterocycles. The number of likely N-dealkylation sites (tertiary alicyclic amines) is 2. The Hall–Kier alpha value is -7.59. The van der Waals surface area contributed by atoms with Gasteiger partial charge in [0, 0.05) is 55.8 Å². The molecular weight excluding hydrogens is 823 g/mol. The van der Waals surface area contributed by atoms with Gasteiger partial charge in [0.25, 0.3) is 22.9 Å². The van der Waals surface area contributed by atoms with Crippen molar-refractivity contribution in [2.24, 2.45) is 5.73 Å². The number of hydrogen-bond donors (Lipinski definition) is 4. The Morgan fingerprint density at radius 1 is 0.641 bits per heavy atom. The number of nitrogens with one attached hydrogen (secondary N) is 3. The highest BCUT2D eigenvalue weighted by atomic mass is 19.1. The summed E-state index contributed by atoms with van der Waals surface area (Å²) in [5.41, 5.74) is 8.91. The number of carbonyl (C=O) groups is 3. The van der Waals surface area contributed by atoms with Crippen molar-refractivity contribution >= 4 is 39.5 Å². The number of alkyl carbamates (subject to hydrolysis) is 1. The summed E-state index contributed by atoms with van der Waals surface area (Å²) in [4.78, 5) is 65.1. The average molecular weight is 867 g/mol. The number of aromatic amines is 2. The van der Waals surface area contributed by atoms with E-state index >= 15 is 0 Å². The molecule has 326 valence electrons. The van der Waals surface area contributed by atoms with Gasteiger partial charge in [-0.2, -0.15) is 10.2 Å². The second kappa shape index (κ2) is 19.2. The summed E-state index contributed by atoms with van der Waals surface area (Å²) >= 11 is 0. The van der Waals surface area contributed by atoms with Crippen LogP contribution in [-0.2, 0) is 24.2 Å². The first-order valence-corrected chi connectivity index (χ1v) is 20.8. The van der Waals surface area contributed by atoms with Crippen LogP contribution < -0.4 is 22.2 Å². The number of ether oxygens (including phenoxy) is 1. The zero-order chi connectivity index (χ0) is 44.7. The molecule has 0 aliphatic carbocycles. The van der Waals surface area contributed by atoms with E-state index in [2.05, 4.69) is 25.7 Å². The molecule has 2 atom stereocenters. The molecule has 9 rings (SSSR count). The van der Waals surface area contributed by atoms with Crippen LogP contribution in [0, 0.1) is 11.6 Å². The van der Waals surface area contributed by atoms with Crippen molar-refractivity contribution in [2.75, 3.05) is 26.2 Å². The molecule has 0 spiro atoms. The lowest BCUT2D eigenvalue weighted by Crippen LogP contribution is -2.38. The fourth-order valence-corrected chi connectivity index (χ4v) is 8.00. The third kappa shape index (κ3) is 9.87. The fraction of sp³-hybridized carbons (Fsp3) is 0.229. The number of H-pyrrole nitrogens is 2. The molecule has 2 aromatic heterocycles. The van der Waals surface area contributed by atoms with E-state index in [0.29, 0.717) is 72.0 Å². The van der Waals surface area contributed by atoms with Crippen LogP contribution >= 0.6 is 0 Å². The second-order valence-electron chi connectivity index (χ2n) is 15.8. The third-order valence-electron chi connectivity index (χ3n) is 11.3. The minimum absolute atomic E-state index is 0.0373. The summed E-state index contributed by atoms with van der Waals surface area (Å²) in [6.45, 7) is 1.77. The topological polar surface area (TPSA) is 196 Å². The van der Waals surface area contributed by atoms with E-state index in [1.165, 1.54) is 23.1 Å². The van der Waals surface area contributed by atoms with Crippen molar-refractivity contribution in [3.05, 3.63) is 187 Å². The van der Waals surface area contributed by atoms with Crippen molar-refractivity contribution in [3.8, 4) is 0 Å². The summed E-state index contributed by atoms with van der Waals surface area (Å²) in [5, 5.41) is 18.6. The lowest BCUT2D eigenvalue weighted by Gasteiger charge is -2.18. The van der Waals surface area contributed by atoms with E-state index in [-0.39, 0.29) is 53.4 Å². The number of rotatable bonds is 9. The Morgan fingerprint density at radius 2 is 1.12 bits per heavy atom. The van der Waals surface area contributed by atoms with Gasteiger partial charge in [0.1, 0.15) is 18.2 Å². The van der Waals surface area contributed by atoms with Crippen LogP contribution in [0.25, 0.3) is 21.5 Å². The monoisotopic (exact) mass is 866 g/mol. The molecule has 5 aromatic carbocycles. The quantitative estimate of drug-likeness (QED) is 0.142. The number of nitrogens with zero attached hydrogens (tertiary/aromatic N) is 4. The van der Waals surface area contributed by atoms with Gasteiger partial charge >= 0.3 is 6.09 Å². The van der Waals surface area contributed by atoms with Gasteiger partial charge in [-0.1, -0.05) is 78.9 Å². The van der Waals surface area contributed by atoms with Gasteiger partial charge in [-0.15, -0.1) is 0 Å². The molecule has 64 heavy (non-hydrogen) atoms. The number of hydrogen-bond acceptors (Lipinski definition) is 9. The number of nitrogens with two attached hydrogens (primary N) is 1. The molecule has 7 aromatic rings. The van der Waals surface area contributed by atoms with Gasteiger partial charge < -0.3 is 25.6 Å². The van der Waals surface area contributed by atoms with E-state index in [1.807, 2.05) is 54.6 Å². The van der Waals surface area contributed by atoms with Crippen LogP contribution in [0.1, 0.15) is 61.6 Å². The molecular formula is C48H44F2N8O6. The van der Waals surface area contributed by atoms with Gasteiger partial charge in [0.15, 0.2) is 0 Å². The zero-order valence-corrected chi connectivity index (χ0v) is 34.6. The summed E-state index contributed by atoms with van der Waals surface area (Å²) in [7, 11) is 0. The Kier molecular flexibility index (Phi) is 12.9. The normalized spacial score (nSPS) is 15.8. The van der Waals surface area contributed by atoms with Gasteiger partial charge in [-0.05, 0) is 65.9 Å². The lowest BCUT2D eigenvalue weighted by atomic mass is 10.0.